The van der Waals surface area contributed by atoms with E-state index in [0.717, 1.165) is 16.9 Å². The van der Waals surface area contributed by atoms with Gasteiger partial charge in [0.15, 0.2) is 5.76 Å². The van der Waals surface area contributed by atoms with Crippen LogP contribution in [0.3, 0.4) is 0 Å². The number of hydrogen-bond acceptors (Lipinski definition) is 5. The Kier molecular flexibility index (Phi) is 5.91. The molecule has 0 aliphatic heterocycles. The fourth-order valence-corrected chi connectivity index (χ4v) is 2.93. The maximum absolute atomic E-state index is 13.0. The summed E-state index contributed by atoms with van der Waals surface area (Å²) in [5.41, 5.74) is 1.63. The van der Waals surface area contributed by atoms with E-state index in [-0.39, 0.29) is 17.5 Å². The maximum Gasteiger partial charge on any atom is 0.256 e. The second kappa shape index (κ2) is 8.53. The van der Waals surface area contributed by atoms with Gasteiger partial charge in [-0.3, -0.25) is 4.79 Å². The van der Waals surface area contributed by atoms with Crippen molar-refractivity contribution in [1.29, 1.82) is 0 Å². The number of carbonyl (C=O) groups is 1. The van der Waals surface area contributed by atoms with Crippen molar-refractivity contribution in [1.82, 2.24) is 10.3 Å². The van der Waals surface area contributed by atoms with Crippen LogP contribution in [-0.4, -0.2) is 23.8 Å². The number of halogens is 1. The van der Waals surface area contributed by atoms with Crippen LogP contribution in [0, 0.1) is 5.82 Å². The summed E-state index contributed by atoms with van der Waals surface area (Å²) in [5.74, 6) is 0.995. The van der Waals surface area contributed by atoms with E-state index in [1.807, 2.05) is 24.3 Å². The predicted octanol–water partition coefficient (Wildman–Crippen LogP) is 3.90. The molecule has 7 heteroatoms. The van der Waals surface area contributed by atoms with E-state index < -0.39 is 0 Å². The second-order valence-electron chi connectivity index (χ2n) is 5.37. The number of oxazole rings is 1. The standard InChI is InChI=1S/C19H17FN2O3S/c1-24-16-5-3-2-4-14(16)10-21-18(23)12-26-19-22-11-17(25-19)13-6-8-15(20)9-7-13/h2-9,11H,10,12H2,1H3,(H,21,23). The quantitative estimate of drug-likeness (QED) is 0.637. The highest BCUT2D eigenvalue weighted by atomic mass is 32.2. The third kappa shape index (κ3) is 4.64. The molecular formula is C19H17FN2O3S. The third-order valence-electron chi connectivity index (χ3n) is 3.61. The van der Waals surface area contributed by atoms with Crippen LogP contribution in [0.2, 0.25) is 0 Å². The summed E-state index contributed by atoms with van der Waals surface area (Å²) in [6, 6.07) is 13.5. The lowest BCUT2D eigenvalue weighted by Crippen LogP contribution is -2.24. The van der Waals surface area contributed by atoms with Gasteiger partial charge in [-0.25, -0.2) is 9.37 Å². The Morgan fingerprint density at radius 3 is 2.77 bits per heavy atom. The molecule has 0 atom stereocenters. The Morgan fingerprint density at radius 2 is 2.00 bits per heavy atom. The van der Waals surface area contributed by atoms with Crippen LogP contribution in [-0.2, 0) is 11.3 Å². The molecule has 26 heavy (non-hydrogen) atoms. The number of ether oxygens (including phenoxy) is 1. The largest absolute Gasteiger partial charge is 0.496 e. The van der Waals surface area contributed by atoms with Crippen LogP contribution in [0.15, 0.2) is 64.4 Å². The summed E-state index contributed by atoms with van der Waals surface area (Å²) < 4.78 is 23.8. The van der Waals surface area contributed by atoms with Gasteiger partial charge in [0.2, 0.25) is 5.91 Å². The summed E-state index contributed by atoms with van der Waals surface area (Å²) in [6.07, 6.45) is 1.56. The van der Waals surface area contributed by atoms with Gasteiger partial charge in [-0.2, -0.15) is 0 Å². The van der Waals surface area contributed by atoms with Crippen molar-refractivity contribution in [2.24, 2.45) is 0 Å². The molecule has 1 amide bonds. The monoisotopic (exact) mass is 372 g/mol. The molecule has 3 aromatic rings. The van der Waals surface area contributed by atoms with E-state index in [4.69, 9.17) is 9.15 Å². The Labute approximate surface area is 154 Å². The van der Waals surface area contributed by atoms with E-state index in [1.165, 1.54) is 23.9 Å². The lowest BCUT2D eigenvalue weighted by molar-refractivity contribution is -0.118. The molecule has 0 saturated heterocycles. The smallest absolute Gasteiger partial charge is 0.256 e. The van der Waals surface area contributed by atoms with Crippen molar-refractivity contribution in [3.8, 4) is 17.1 Å². The molecule has 0 unspecified atom stereocenters. The van der Waals surface area contributed by atoms with Crippen LogP contribution >= 0.6 is 11.8 Å². The van der Waals surface area contributed by atoms with Gasteiger partial charge in [-0.05, 0) is 30.3 Å². The zero-order chi connectivity index (χ0) is 18.4. The molecule has 1 N–H and O–H groups in total. The summed E-state index contributed by atoms with van der Waals surface area (Å²) in [7, 11) is 1.60. The van der Waals surface area contributed by atoms with Gasteiger partial charge in [0.1, 0.15) is 11.6 Å². The molecule has 3 rings (SSSR count). The van der Waals surface area contributed by atoms with Crippen LogP contribution < -0.4 is 10.1 Å². The normalized spacial score (nSPS) is 10.5. The number of benzene rings is 2. The van der Waals surface area contributed by atoms with Gasteiger partial charge >= 0.3 is 0 Å². The minimum atomic E-state index is -0.311. The summed E-state index contributed by atoms with van der Waals surface area (Å²) in [5, 5.41) is 3.22. The number of methoxy groups -OCH3 is 1. The van der Waals surface area contributed by atoms with Crippen molar-refractivity contribution >= 4 is 17.7 Å². The molecule has 134 valence electrons. The first kappa shape index (κ1) is 18.0. The van der Waals surface area contributed by atoms with Crippen molar-refractivity contribution in [2.45, 2.75) is 11.8 Å². The zero-order valence-corrected chi connectivity index (χ0v) is 14.9. The molecule has 5 nitrogen and oxygen atoms in total. The Bertz CT molecular complexity index is 881. The molecule has 1 aromatic heterocycles. The number of rotatable bonds is 7. The molecule has 0 radical (unpaired) electrons. The summed E-state index contributed by atoms with van der Waals surface area (Å²) >= 11 is 1.20. The van der Waals surface area contributed by atoms with E-state index in [0.29, 0.717) is 17.5 Å². The maximum atomic E-state index is 13.0. The van der Waals surface area contributed by atoms with Crippen molar-refractivity contribution in [2.75, 3.05) is 12.9 Å². The molecule has 0 bridgehead atoms. The van der Waals surface area contributed by atoms with E-state index in [9.17, 15) is 9.18 Å². The van der Waals surface area contributed by atoms with Gasteiger partial charge in [0.25, 0.3) is 5.22 Å². The first-order valence-corrected chi connectivity index (χ1v) is 8.87. The fraction of sp³-hybridized carbons (Fsp3) is 0.158. The Hall–Kier alpha value is -2.80. The highest BCUT2D eigenvalue weighted by molar-refractivity contribution is 7.99. The van der Waals surface area contributed by atoms with Crippen molar-refractivity contribution < 1.29 is 18.3 Å². The van der Waals surface area contributed by atoms with E-state index in [2.05, 4.69) is 10.3 Å². The fourth-order valence-electron chi connectivity index (χ4n) is 2.29. The summed E-state index contributed by atoms with van der Waals surface area (Å²) in [6.45, 7) is 0.385. The van der Waals surface area contributed by atoms with Gasteiger partial charge in [-0.15, -0.1) is 0 Å². The number of aromatic nitrogens is 1. The predicted molar refractivity (Wildman–Crippen MR) is 97.5 cm³/mol. The Balaban J connectivity index is 1.51. The molecule has 0 aliphatic rings. The zero-order valence-electron chi connectivity index (χ0n) is 14.1. The van der Waals surface area contributed by atoms with Gasteiger partial charge in [-0.1, -0.05) is 30.0 Å². The average Bonchev–Trinajstić information content (AvgIpc) is 3.14. The van der Waals surface area contributed by atoms with Gasteiger partial charge in [0.05, 0.1) is 19.1 Å². The van der Waals surface area contributed by atoms with Crippen molar-refractivity contribution in [3.05, 3.63) is 66.1 Å². The van der Waals surface area contributed by atoms with Gasteiger partial charge < -0.3 is 14.5 Å². The molecule has 0 aliphatic carbocycles. The number of nitrogens with one attached hydrogen (secondary N) is 1. The van der Waals surface area contributed by atoms with E-state index in [1.54, 1.807) is 25.4 Å². The second-order valence-corrected chi connectivity index (χ2v) is 6.30. The lowest BCUT2D eigenvalue weighted by atomic mass is 10.2. The molecule has 0 spiro atoms. The van der Waals surface area contributed by atoms with Crippen LogP contribution in [0.25, 0.3) is 11.3 Å². The number of carbonyl (C=O) groups excluding carboxylic acids is 1. The van der Waals surface area contributed by atoms with Crippen LogP contribution in [0.4, 0.5) is 4.39 Å². The Morgan fingerprint density at radius 1 is 1.23 bits per heavy atom. The van der Waals surface area contributed by atoms with Crippen LogP contribution in [0.5, 0.6) is 5.75 Å². The number of para-hydroxylation sites is 1. The average molecular weight is 372 g/mol. The highest BCUT2D eigenvalue weighted by Crippen LogP contribution is 2.25. The number of thioether (sulfide) groups is 1. The van der Waals surface area contributed by atoms with Gasteiger partial charge in [0, 0.05) is 17.7 Å². The molecular weight excluding hydrogens is 355 g/mol. The molecule has 1 heterocycles. The third-order valence-corrected chi connectivity index (χ3v) is 4.45. The highest BCUT2D eigenvalue weighted by Gasteiger charge is 2.10. The summed E-state index contributed by atoms with van der Waals surface area (Å²) in [4.78, 5) is 16.2. The minimum Gasteiger partial charge on any atom is -0.496 e. The first-order valence-electron chi connectivity index (χ1n) is 7.89. The number of amides is 1. The lowest BCUT2D eigenvalue weighted by Gasteiger charge is -2.09. The molecule has 0 fully saturated rings. The topological polar surface area (TPSA) is 64.4 Å². The minimum absolute atomic E-state index is 0.137. The first-order chi connectivity index (χ1) is 12.7. The molecule has 2 aromatic carbocycles. The SMILES string of the molecule is COc1ccccc1CNC(=O)CSc1ncc(-c2ccc(F)cc2)o1. The van der Waals surface area contributed by atoms with Crippen molar-refractivity contribution in [3.63, 3.8) is 0 Å². The number of nitrogens with zero attached hydrogens (tertiary/aromatic N) is 1. The molecule has 0 saturated carbocycles. The van der Waals surface area contributed by atoms with Crippen LogP contribution in [0.1, 0.15) is 5.56 Å². The number of hydrogen-bond donors (Lipinski definition) is 1. The van der Waals surface area contributed by atoms with E-state index >= 15 is 0 Å².